The largest absolute Gasteiger partial charge is 0.291 e. The van der Waals surface area contributed by atoms with Crippen LogP contribution in [0.15, 0.2) is 24.3 Å². The van der Waals surface area contributed by atoms with Crippen molar-refractivity contribution in [3.63, 3.8) is 0 Å². The quantitative estimate of drug-likeness (QED) is 0.561. The maximum atomic E-state index is 11.4. The van der Waals surface area contributed by atoms with E-state index < -0.39 is 0 Å². The molecule has 0 aliphatic carbocycles. The van der Waals surface area contributed by atoms with Crippen LogP contribution in [0.3, 0.4) is 0 Å². The third-order valence-electron chi connectivity index (χ3n) is 2.33. The van der Waals surface area contributed by atoms with Gasteiger partial charge in [0, 0.05) is 6.92 Å². The number of hydrogen-bond donors (Lipinski definition) is 0. The summed E-state index contributed by atoms with van der Waals surface area (Å²) >= 11 is 0. The third kappa shape index (κ3) is 1.10. The van der Waals surface area contributed by atoms with Gasteiger partial charge in [0.05, 0.1) is 5.52 Å². The van der Waals surface area contributed by atoms with Gasteiger partial charge in [0.15, 0.2) is 5.78 Å². The van der Waals surface area contributed by atoms with Crippen molar-refractivity contribution in [3.8, 4) is 0 Å². The van der Waals surface area contributed by atoms with Gasteiger partial charge < -0.3 is 0 Å². The number of carbonyl (C=O) groups excluding carboxylic acids is 1. The van der Waals surface area contributed by atoms with Crippen LogP contribution in [-0.4, -0.2) is 30.6 Å². The third-order valence-corrected chi connectivity index (χ3v) is 2.33. The molecule has 3 rings (SSSR count). The maximum Gasteiger partial charge on any atom is 0.275 e. The normalized spacial score (nSPS) is 11.1. The number of fused-ring (bicyclic) bond motifs is 3. The van der Waals surface area contributed by atoms with Gasteiger partial charge in [-0.05, 0) is 12.1 Å². The first-order valence-corrected chi connectivity index (χ1v) is 4.75. The number of rotatable bonds is 1. The highest BCUT2D eigenvalue weighted by Crippen LogP contribution is 2.13. The smallest absolute Gasteiger partial charge is 0.275 e. The predicted octanol–water partition coefficient (Wildman–Crippen LogP) is 0.875. The van der Waals surface area contributed by atoms with Gasteiger partial charge in [-0.3, -0.25) is 9.20 Å². The molecule has 3 aromatic rings. The fourth-order valence-electron chi connectivity index (χ4n) is 1.63. The second kappa shape index (κ2) is 3.06. The van der Waals surface area contributed by atoms with Crippen LogP contribution in [0.5, 0.6) is 0 Å². The lowest BCUT2D eigenvalue weighted by atomic mass is 10.3. The second-order valence-electron chi connectivity index (χ2n) is 3.40. The number of para-hydroxylation sites is 1. The van der Waals surface area contributed by atoms with E-state index in [9.17, 15) is 4.79 Å². The van der Waals surface area contributed by atoms with Crippen LogP contribution in [0, 0.1) is 0 Å². The van der Waals surface area contributed by atoms with Crippen LogP contribution in [-0.2, 0) is 0 Å². The molecule has 6 heteroatoms. The number of aromatic nitrogens is 5. The SMILES string of the molecule is CC(=O)c1nnc2nnc3ccccc3n12. The standard InChI is InChI=1S/C10H7N5O/c1-6(16)9-12-14-10-13-11-7-4-2-3-5-8(7)15(9)10/h2-5H,1H3. The first-order chi connectivity index (χ1) is 7.77. The minimum atomic E-state index is -0.148. The molecule has 6 nitrogen and oxygen atoms in total. The minimum absolute atomic E-state index is 0.148. The van der Waals surface area contributed by atoms with E-state index in [4.69, 9.17) is 0 Å². The summed E-state index contributed by atoms with van der Waals surface area (Å²) in [6.07, 6.45) is 0. The van der Waals surface area contributed by atoms with Gasteiger partial charge in [0.1, 0.15) is 5.52 Å². The molecule has 0 fully saturated rings. The zero-order valence-corrected chi connectivity index (χ0v) is 8.45. The molecule has 16 heavy (non-hydrogen) atoms. The Labute approximate surface area is 89.9 Å². The van der Waals surface area contributed by atoms with Crippen molar-refractivity contribution in [1.29, 1.82) is 0 Å². The second-order valence-corrected chi connectivity index (χ2v) is 3.40. The van der Waals surface area contributed by atoms with E-state index in [0.717, 1.165) is 5.52 Å². The fraction of sp³-hybridized carbons (Fsp3) is 0.100. The molecule has 0 N–H and O–H groups in total. The minimum Gasteiger partial charge on any atom is -0.291 e. The van der Waals surface area contributed by atoms with Crippen molar-refractivity contribution in [3.05, 3.63) is 30.1 Å². The van der Waals surface area contributed by atoms with Gasteiger partial charge in [-0.15, -0.1) is 20.4 Å². The van der Waals surface area contributed by atoms with Crippen molar-refractivity contribution >= 4 is 22.6 Å². The van der Waals surface area contributed by atoms with E-state index in [1.165, 1.54) is 6.92 Å². The van der Waals surface area contributed by atoms with E-state index in [-0.39, 0.29) is 11.6 Å². The van der Waals surface area contributed by atoms with Crippen LogP contribution >= 0.6 is 0 Å². The average molecular weight is 213 g/mol. The highest BCUT2D eigenvalue weighted by molar-refractivity contribution is 5.92. The molecular formula is C10H7N5O. The highest BCUT2D eigenvalue weighted by Gasteiger charge is 2.13. The van der Waals surface area contributed by atoms with E-state index >= 15 is 0 Å². The molecule has 0 aliphatic heterocycles. The summed E-state index contributed by atoms with van der Waals surface area (Å²) in [6.45, 7) is 1.45. The molecule has 0 unspecified atom stereocenters. The average Bonchev–Trinajstić information content (AvgIpc) is 2.73. The number of hydrogen-bond acceptors (Lipinski definition) is 5. The summed E-state index contributed by atoms with van der Waals surface area (Å²) in [5.41, 5.74) is 1.49. The Morgan fingerprint density at radius 3 is 2.69 bits per heavy atom. The van der Waals surface area contributed by atoms with Crippen molar-refractivity contribution in [2.24, 2.45) is 0 Å². The molecule has 0 bridgehead atoms. The Morgan fingerprint density at radius 2 is 1.88 bits per heavy atom. The lowest BCUT2D eigenvalue weighted by Gasteiger charge is -2.00. The summed E-state index contributed by atoms with van der Waals surface area (Å²) in [6, 6.07) is 7.41. The lowest BCUT2D eigenvalue weighted by molar-refractivity contribution is 0.100. The number of carbonyl (C=O) groups is 1. The summed E-state index contributed by atoms with van der Waals surface area (Å²) in [5.74, 6) is 0.468. The Balaban J connectivity index is 2.56. The first-order valence-electron chi connectivity index (χ1n) is 4.75. The van der Waals surface area contributed by atoms with E-state index in [1.54, 1.807) is 4.40 Å². The maximum absolute atomic E-state index is 11.4. The molecule has 0 aliphatic rings. The molecule has 0 radical (unpaired) electrons. The summed E-state index contributed by atoms with van der Waals surface area (Å²) in [7, 11) is 0. The molecule has 1 aromatic carbocycles. The van der Waals surface area contributed by atoms with Crippen LogP contribution in [0.4, 0.5) is 0 Å². The Bertz CT molecular complexity index is 703. The van der Waals surface area contributed by atoms with E-state index in [1.807, 2.05) is 24.3 Å². The van der Waals surface area contributed by atoms with Gasteiger partial charge >= 0.3 is 0 Å². The number of ketones is 1. The molecule has 0 saturated carbocycles. The van der Waals surface area contributed by atoms with Crippen molar-refractivity contribution in [2.75, 3.05) is 0 Å². The molecule has 0 amide bonds. The van der Waals surface area contributed by atoms with Crippen molar-refractivity contribution in [1.82, 2.24) is 24.8 Å². The monoisotopic (exact) mass is 213 g/mol. The zero-order chi connectivity index (χ0) is 11.1. The topological polar surface area (TPSA) is 73.0 Å². The van der Waals surface area contributed by atoms with Gasteiger partial charge in [0.2, 0.25) is 5.82 Å². The van der Waals surface area contributed by atoms with Gasteiger partial charge in [-0.1, -0.05) is 12.1 Å². The van der Waals surface area contributed by atoms with Gasteiger partial charge in [-0.2, -0.15) is 0 Å². The molecular weight excluding hydrogens is 206 g/mol. The van der Waals surface area contributed by atoms with E-state index in [2.05, 4.69) is 20.4 Å². The molecule has 78 valence electrons. The van der Waals surface area contributed by atoms with Gasteiger partial charge in [0.25, 0.3) is 5.78 Å². The Morgan fingerprint density at radius 1 is 1.12 bits per heavy atom. The lowest BCUT2D eigenvalue weighted by Crippen LogP contribution is -2.03. The molecule has 0 atom stereocenters. The van der Waals surface area contributed by atoms with Crippen LogP contribution in [0.1, 0.15) is 17.5 Å². The van der Waals surface area contributed by atoms with Crippen molar-refractivity contribution in [2.45, 2.75) is 6.92 Å². The summed E-state index contributed by atoms with van der Waals surface area (Å²) in [5, 5.41) is 15.5. The van der Waals surface area contributed by atoms with Crippen LogP contribution < -0.4 is 0 Å². The molecule has 0 saturated heterocycles. The number of Topliss-reactive ketones (excluding diaryl/α,β-unsaturated/α-hetero) is 1. The fourth-order valence-corrected chi connectivity index (χ4v) is 1.63. The predicted molar refractivity (Wildman–Crippen MR) is 56.1 cm³/mol. The van der Waals surface area contributed by atoms with E-state index in [0.29, 0.717) is 11.3 Å². The summed E-state index contributed by atoms with van der Waals surface area (Å²) in [4.78, 5) is 11.4. The molecule has 2 aromatic heterocycles. The molecule has 2 heterocycles. The van der Waals surface area contributed by atoms with Gasteiger partial charge in [-0.25, -0.2) is 0 Å². The number of benzene rings is 1. The van der Waals surface area contributed by atoms with Crippen molar-refractivity contribution < 1.29 is 4.79 Å². The Kier molecular flexibility index (Phi) is 1.70. The zero-order valence-electron chi connectivity index (χ0n) is 8.45. The molecule has 0 spiro atoms. The van der Waals surface area contributed by atoms with Crippen LogP contribution in [0.25, 0.3) is 16.8 Å². The van der Waals surface area contributed by atoms with Crippen LogP contribution in [0.2, 0.25) is 0 Å². The summed E-state index contributed by atoms with van der Waals surface area (Å²) < 4.78 is 1.62. The highest BCUT2D eigenvalue weighted by atomic mass is 16.1. The Hall–Kier alpha value is -2.37. The first kappa shape index (κ1) is 8.90. The number of nitrogens with zero attached hydrogens (tertiary/aromatic N) is 5.